The van der Waals surface area contributed by atoms with Crippen molar-refractivity contribution >= 4 is 16.9 Å². The van der Waals surface area contributed by atoms with E-state index in [1.165, 1.54) is 5.56 Å². The van der Waals surface area contributed by atoms with Gasteiger partial charge >= 0.3 is 0 Å². The molecule has 0 spiro atoms. The first-order chi connectivity index (χ1) is 12.2. The highest BCUT2D eigenvalue weighted by Crippen LogP contribution is 2.22. The predicted octanol–water partition coefficient (Wildman–Crippen LogP) is 3.88. The number of aromatic nitrogens is 3. The highest BCUT2D eigenvalue weighted by molar-refractivity contribution is 5.85. The standard InChI is InChI=1S/C20H26N4O/c1-3-4-10-18-23-19-17(13-15(2)22-20(19)21)24(18)11-12-25-14-16-8-6-5-7-9-16/h5-9,13H,3-4,10-12,14H2,1-2H3,(H2,21,22). The Bertz CT molecular complexity index is 827. The second-order valence-corrected chi connectivity index (χ2v) is 6.34. The molecule has 0 fully saturated rings. The highest BCUT2D eigenvalue weighted by Gasteiger charge is 2.14. The van der Waals surface area contributed by atoms with Gasteiger partial charge < -0.3 is 15.0 Å². The van der Waals surface area contributed by atoms with Crippen molar-refractivity contribution in [2.24, 2.45) is 0 Å². The Kier molecular flexibility index (Phi) is 5.66. The number of pyridine rings is 1. The molecule has 5 heteroatoms. The molecule has 0 unspecified atom stereocenters. The summed E-state index contributed by atoms with van der Waals surface area (Å²) in [4.78, 5) is 9.09. The van der Waals surface area contributed by atoms with Gasteiger partial charge in [0.15, 0.2) is 5.82 Å². The number of nitrogens with two attached hydrogens (primary N) is 1. The molecule has 3 aromatic rings. The minimum absolute atomic E-state index is 0.511. The third kappa shape index (κ3) is 4.17. The third-order valence-corrected chi connectivity index (χ3v) is 4.30. The van der Waals surface area contributed by atoms with Gasteiger partial charge in [0.2, 0.25) is 0 Å². The Balaban J connectivity index is 1.75. The van der Waals surface area contributed by atoms with E-state index < -0.39 is 0 Å². The van der Waals surface area contributed by atoms with Crippen molar-refractivity contribution in [1.82, 2.24) is 14.5 Å². The molecule has 0 bridgehead atoms. The molecule has 0 atom stereocenters. The number of ether oxygens (including phenoxy) is 1. The monoisotopic (exact) mass is 338 g/mol. The second kappa shape index (κ2) is 8.12. The van der Waals surface area contributed by atoms with E-state index in [-0.39, 0.29) is 0 Å². The number of nitrogens with zero attached hydrogens (tertiary/aromatic N) is 3. The molecule has 0 radical (unpaired) electrons. The fourth-order valence-electron chi connectivity index (χ4n) is 3.02. The normalized spacial score (nSPS) is 11.3. The van der Waals surface area contributed by atoms with E-state index in [0.717, 1.165) is 48.4 Å². The van der Waals surface area contributed by atoms with Crippen LogP contribution in [0.25, 0.3) is 11.0 Å². The summed E-state index contributed by atoms with van der Waals surface area (Å²) < 4.78 is 8.10. The number of hydrogen-bond donors (Lipinski definition) is 1. The molecule has 0 aliphatic rings. The van der Waals surface area contributed by atoms with Crippen molar-refractivity contribution in [3.63, 3.8) is 0 Å². The summed E-state index contributed by atoms with van der Waals surface area (Å²) in [5, 5.41) is 0. The van der Waals surface area contributed by atoms with E-state index in [9.17, 15) is 0 Å². The van der Waals surface area contributed by atoms with Gasteiger partial charge in [0.25, 0.3) is 0 Å². The van der Waals surface area contributed by atoms with Crippen molar-refractivity contribution in [2.75, 3.05) is 12.3 Å². The largest absolute Gasteiger partial charge is 0.382 e. The van der Waals surface area contributed by atoms with E-state index in [1.54, 1.807) is 0 Å². The minimum atomic E-state index is 0.511. The van der Waals surface area contributed by atoms with Gasteiger partial charge in [0, 0.05) is 18.7 Å². The van der Waals surface area contributed by atoms with Crippen LogP contribution in [0.1, 0.15) is 36.8 Å². The van der Waals surface area contributed by atoms with Gasteiger partial charge in [-0.1, -0.05) is 43.7 Å². The number of anilines is 1. The fourth-order valence-corrected chi connectivity index (χ4v) is 3.02. The SMILES string of the molecule is CCCCc1nc2c(N)nc(C)cc2n1CCOCc1ccccc1. The molecule has 0 aliphatic carbocycles. The topological polar surface area (TPSA) is 66.0 Å². The number of hydrogen-bond acceptors (Lipinski definition) is 4. The Morgan fingerprint density at radius 1 is 1.16 bits per heavy atom. The van der Waals surface area contributed by atoms with Crippen LogP contribution >= 0.6 is 0 Å². The van der Waals surface area contributed by atoms with E-state index in [4.69, 9.17) is 15.5 Å². The van der Waals surface area contributed by atoms with Crippen LogP contribution in [-0.4, -0.2) is 21.1 Å². The third-order valence-electron chi connectivity index (χ3n) is 4.30. The molecule has 0 aliphatic heterocycles. The van der Waals surface area contributed by atoms with Crippen molar-refractivity contribution in [1.29, 1.82) is 0 Å². The summed E-state index contributed by atoms with van der Waals surface area (Å²) >= 11 is 0. The zero-order chi connectivity index (χ0) is 17.6. The van der Waals surface area contributed by atoms with Crippen molar-refractivity contribution in [3.8, 4) is 0 Å². The maximum Gasteiger partial charge on any atom is 0.151 e. The van der Waals surface area contributed by atoms with Gasteiger partial charge in [-0.05, 0) is 25.0 Å². The number of nitrogen functional groups attached to an aromatic ring is 1. The van der Waals surface area contributed by atoms with Crippen LogP contribution < -0.4 is 5.73 Å². The van der Waals surface area contributed by atoms with E-state index in [2.05, 4.69) is 34.7 Å². The second-order valence-electron chi connectivity index (χ2n) is 6.34. The molecule has 2 aromatic heterocycles. The van der Waals surface area contributed by atoms with Gasteiger partial charge in [-0.25, -0.2) is 9.97 Å². The molecule has 1 aromatic carbocycles. The van der Waals surface area contributed by atoms with Crippen LogP contribution in [0.5, 0.6) is 0 Å². The van der Waals surface area contributed by atoms with Crippen LogP contribution in [-0.2, 0) is 24.3 Å². The quantitative estimate of drug-likeness (QED) is 0.633. The van der Waals surface area contributed by atoms with Crippen LogP contribution in [0, 0.1) is 6.92 Å². The summed E-state index contributed by atoms with van der Waals surface area (Å²) in [7, 11) is 0. The molecule has 0 saturated heterocycles. The average Bonchev–Trinajstić information content (AvgIpc) is 2.96. The van der Waals surface area contributed by atoms with Crippen LogP contribution in [0.4, 0.5) is 5.82 Å². The van der Waals surface area contributed by atoms with E-state index in [0.29, 0.717) is 19.0 Å². The Morgan fingerprint density at radius 3 is 2.72 bits per heavy atom. The number of imidazole rings is 1. The lowest BCUT2D eigenvalue weighted by atomic mass is 10.2. The summed E-state index contributed by atoms with van der Waals surface area (Å²) in [6, 6.07) is 12.3. The van der Waals surface area contributed by atoms with Crippen LogP contribution in [0.2, 0.25) is 0 Å². The van der Waals surface area contributed by atoms with E-state index >= 15 is 0 Å². The maximum atomic E-state index is 6.08. The molecule has 3 rings (SSSR count). The maximum absolute atomic E-state index is 6.08. The van der Waals surface area contributed by atoms with Gasteiger partial charge in [-0.2, -0.15) is 0 Å². The van der Waals surface area contributed by atoms with Crippen molar-refractivity contribution < 1.29 is 4.74 Å². The molecule has 25 heavy (non-hydrogen) atoms. The molecule has 132 valence electrons. The zero-order valence-electron chi connectivity index (χ0n) is 15.0. The number of fused-ring (bicyclic) bond motifs is 1. The van der Waals surface area contributed by atoms with Crippen LogP contribution in [0.3, 0.4) is 0 Å². The Labute approximate surface area is 148 Å². The van der Waals surface area contributed by atoms with Crippen molar-refractivity contribution in [3.05, 3.63) is 53.5 Å². The minimum Gasteiger partial charge on any atom is -0.382 e. The first-order valence-electron chi connectivity index (χ1n) is 8.93. The van der Waals surface area contributed by atoms with Gasteiger partial charge in [0.05, 0.1) is 18.7 Å². The summed E-state index contributed by atoms with van der Waals surface area (Å²) in [6.07, 6.45) is 3.20. The summed E-state index contributed by atoms with van der Waals surface area (Å²) in [6.45, 7) is 6.19. The smallest absolute Gasteiger partial charge is 0.151 e. The van der Waals surface area contributed by atoms with Crippen LogP contribution in [0.15, 0.2) is 36.4 Å². The molecule has 2 N–H and O–H groups in total. The number of benzene rings is 1. The Hall–Kier alpha value is -2.40. The number of unbranched alkanes of at least 4 members (excludes halogenated alkanes) is 1. The molecule has 0 saturated carbocycles. The molecular formula is C20H26N4O. The predicted molar refractivity (Wildman–Crippen MR) is 101 cm³/mol. The van der Waals surface area contributed by atoms with Crippen molar-refractivity contribution in [2.45, 2.75) is 46.3 Å². The van der Waals surface area contributed by atoms with E-state index in [1.807, 2.05) is 25.1 Å². The number of aryl methyl sites for hydroxylation is 2. The first kappa shape index (κ1) is 17.4. The lowest BCUT2D eigenvalue weighted by Crippen LogP contribution is -2.10. The zero-order valence-corrected chi connectivity index (χ0v) is 15.0. The molecule has 5 nitrogen and oxygen atoms in total. The molecule has 0 amide bonds. The number of rotatable bonds is 8. The summed E-state index contributed by atoms with van der Waals surface area (Å²) in [5.41, 5.74) is 10.0. The highest BCUT2D eigenvalue weighted by atomic mass is 16.5. The first-order valence-corrected chi connectivity index (χ1v) is 8.93. The molecular weight excluding hydrogens is 312 g/mol. The van der Waals surface area contributed by atoms with Gasteiger partial charge in [-0.15, -0.1) is 0 Å². The average molecular weight is 338 g/mol. The summed E-state index contributed by atoms with van der Waals surface area (Å²) in [5.74, 6) is 1.58. The molecule has 2 heterocycles. The lowest BCUT2D eigenvalue weighted by molar-refractivity contribution is 0.113. The van der Waals surface area contributed by atoms with Gasteiger partial charge in [0.1, 0.15) is 11.3 Å². The van der Waals surface area contributed by atoms with Gasteiger partial charge in [-0.3, -0.25) is 0 Å². The fraction of sp³-hybridized carbons (Fsp3) is 0.400. The Morgan fingerprint density at radius 2 is 1.96 bits per heavy atom. The lowest BCUT2D eigenvalue weighted by Gasteiger charge is -2.10.